The molecule has 0 N–H and O–H groups in total. The molecule has 7 heteroatoms. The van der Waals surface area contributed by atoms with E-state index in [1.54, 1.807) is 0 Å². The Balaban J connectivity index is 1.25. The van der Waals surface area contributed by atoms with Gasteiger partial charge in [0.05, 0.1) is 25.2 Å². The van der Waals surface area contributed by atoms with Gasteiger partial charge in [-0.05, 0) is 18.8 Å². The molecule has 144 valence electrons. The molecule has 0 aromatic carbocycles. The fourth-order valence-corrected chi connectivity index (χ4v) is 4.74. The lowest BCUT2D eigenvalue weighted by molar-refractivity contribution is -0.145. The number of likely N-dealkylation sites (tertiary alicyclic amines) is 2. The Labute approximate surface area is 154 Å². The Bertz CT molecular complexity index is 563. The highest BCUT2D eigenvalue weighted by Gasteiger charge is 2.44. The van der Waals surface area contributed by atoms with Crippen molar-refractivity contribution in [3.63, 3.8) is 0 Å². The summed E-state index contributed by atoms with van der Waals surface area (Å²) in [5.74, 6) is 0.706. The van der Waals surface area contributed by atoms with Crippen LogP contribution >= 0.6 is 0 Å². The summed E-state index contributed by atoms with van der Waals surface area (Å²) in [6, 6.07) is 0.0949. The minimum Gasteiger partial charge on any atom is -0.378 e. The maximum atomic E-state index is 12.6. The highest BCUT2D eigenvalue weighted by atomic mass is 16.5. The van der Waals surface area contributed by atoms with Gasteiger partial charge in [-0.25, -0.2) is 0 Å². The van der Waals surface area contributed by atoms with Crippen LogP contribution in [0.4, 0.5) is 0 Å². The van der Waals surface area contributed by atoms with Gasteiger partial charge in [0.15, 0.2) is 0 Å². The number of hydrogen-bond acceptors (Lipinski definition) is 4. The normalized spacial score (nSPS) is 27.9. The van der Waals surface area contributed by atoms with E-state index >= 15 is 0 Å². The van der Waals surface area contributed by atoms with E-state index in [4.69, 9.17) is 4.74 Å². The smallest absolute Gasteiger partial charge is 0.228 e. The average Bonchev–Trinajstić information content (AvgIpc) is 3.24. The zero-order valence-corrected chi connectivity index (χ0v) is 15.4. The zero-order valence-electron chi connectivity index (χ0n) is 15.4. The first-order chi connectivity index (χ1) is 12.6. The van der Waals surface area contributed by atoms with Crippen LogP contribution < -0.4 is 0 Å². The lowest BCUT2D eigenvalue weighted by Gasteiger charge is -2.44. The van der Waals surface area contributed by atoms with Crippen LogP contribution in [0.2, 0.25) is 0 Å². The number of carbonyl (C=O) groups is 3. The van der Waals surface area contributed by atoms with Gasteiger partial charge < -0.3 is 19.4 Å². The molecular weight excluding hydrogens is 334 g/mol. The maximum absolute atomic E-state index is 12.6. The lowest BCUT2D eigenvalue weighted by Crippen LogP contribution is -2.61. The molecule has 3 heterocycles. The highest BCUT2D eigenvalue weighted by Crippen LogP contribution is 2.30. The number of amides is 3. The molecule has 1 aliphatic carbocycles. The number of hydrogen-bond donors (Lipinski definition) is 0. The molecule has 26 heavy (non-hydrogen) atoms. The van der Waals surface area contributed by atoms with E-state index in [0.717, 1.165) is 0 Å². The van der Waals surface area contributed by atoms with Gasteiger partial charge >= 0.3 is 0 Å². The molecule has 0 aromatic rings. The van der Waals surface area contributed by atoms with Crippen molar-refractivity contribution in [2.24, 2.45) is 11.8 Å². The predicted molar refractivity (Wildman–Crippen MR) is 94.2 cm³/mol. The minimum absolute atomic E-state index is 0.0597. The first-order valence-electron chi connectivity index (χ1n) is 10.1. The molecule has 0 radical (unpaired) electrons. The van der Waals surface area contributed by atoms with Crippen LogP contribution in [0, 0.1) is 11.8 Å². The predicted octanol–water partition coefficient (Wildman–Crippen LogP) is 0.485. The van der Waals surface area contributed by atoms with E-state index in [-0.39, 0.29) is 29.7 Å². The molecule has 1 unspecified atom stereocenters. The van der Waals surface area contributed by atoms with Gasteiger partial charge in [0.2, 0.25) is 17.7 Å². The second kappa shape index (κ2) is 7.55. The molecule has 3 saturated heterocycles. The first kappa shape index (κ1) is 17.8. The molecule has 4 fully saturated rings. The number of carbonyl (C=O) groups excluding carboxylic acids is 3. The Morgan fingerprint density at radius 1 is 1.00 bits per heavy atom. The summed E-state index contributed by atoms with van der Waals surface area (Å²) in [6.07, 6.45) is 5.84. The van der Waals surface area contributed by atoms with Gasteiger partial charge in [0.1, 0.15) is 0 Å². The van der Waals surface area contributed by atoms with E-state index in [2.05, 4.69) is 0 Å². The largest absolute Gasteiger partial charge is 0.378 e. The molecule has 4 aliphatic rings. The number of ether oxygens (including phenoxy) is 1. The van der Waals surface area contributed by atoms with Crippen LogP contribution in [0.5, 0.6) is 0 Å². The van der Waals surface area contributed by atoms with Crippen molar-refractivity contribution in [1.29, 1.82) is 0 Å². The first-order valence-corrected chi connectivity index (χ1v) is 10.1. The molecular formula is C19H29N3O4. The summed E-state index contributed by atoms with van der Waals surface area (Å²) < 4.78 is 5.29. The lowest BCUT2D eigenvalue weighted by atomic mass is 10.00. The van der Waals surface area contributed by atoms with Crippen LogP contribution in [-0.4, -0.2) is 84.4 Å². The molecule has 3 aliphatic heterocycles. The Morgan fingerprint density at radius 3 is 2.38 bits per heavy atom. The minimum atomic E-state index is -0.233. The molecule has 7 nitrogen and oxygen atoms in total. The highest BCUT2D eigenvalue weighted by molar-refractivity contribution is 5.89. The topological polar surface area (TPSA) is 70.2 Å². The van der Waals surface area contributed by atoms with E-state index < -0.39 is 0 Å². The van der Waals surface area contributed by atoms with E-state index in [1.807, 2.05) is 14.7 Å². The van der Waals surface area contributed by atoms with Crippen molar-refractivity contribution < 1.29 is 19.1 Å². The van der Waals surface area contributed by atoms with Gasteiger partial charge in [-0.3, -0.25) is 14.4 Å². The standard InChI is InChI=1S/C19H29N3O4/c23-17(9-14-3-1-2-4-14)21-12-16(13-21)22-11-15(10-18(22)24)19(25)20-5-7-26-8-6-20/h14-16H,1-13H2. The summed E-state index contributed by atoms with van der Waals surface area (Å²) >= 11 is 0. The molecule has 0 bridgehead atoms. The second-order valence-electron chi connectivity index (χ2n) is 8.19. The molecule has 3 amide bonds. The summed E-state index contributed by atoms with van der Waals surface area (Å²) in [6.45, 7) is 4.18. The van der Waals surface area contributed by atoms with Gasteiger partial charge in [-0.1, -0.05) is 12.8 Å². The van der Waals surface area contributed by atoms with Crippen molar-refractivity contribution in [2.75, 3.05) is 45.9 Å². The third kappa shape index (κ3) is 3.59. The second-order valence-corrected chi connectivity index (χ2v) is 8.19. The van der Waals surface area contributed by atoms with Crippen LogP contribution in [0.25, 0.3) is 0 Å². The number of morpholine rings is 1. The Morgan fingerprint density at radius 2 is 1.69 bits per heavy atom. The van der Waals surface area contributed by atoms with Gasteiger partial charge in [-0.2, -0.15) is 0 Å². The Hall–Kier alpha value is -1.63. The van der Waals surface area contributed by atoms with Crippen LogP contribution in [0.1, 0.15) is 38.5 Å². The van der Waals surface area contributed by atoms with Gasteiger partial charge in [-0.15, -0.1) is 0 Å². The Kier molecular flexibility index (Phi) is 5.16. The van der Waals surface area contributed by atoms with E-state index in [1.165, 1.54) is 25.7 Å². The van der Waals surface area contributed by atoms with E-state index in [0.29, 0.717) is 64.7 Å². The average molecular weight is 363 g/mol. The van der Waals surface area contributed by atoms with Crippen molar-refractivity contribution in [3.8, 4) is 0 Å². The molecule has 0 aromatic heterocycles. The van der Waals surface area contributed by atoms with Crippen molar-refractivity contribution in [1.82, 2.24) is 14.7 Å². The molecule has 1 atom stereocenters. The summed E-state index contributed by atoms with van der Waals surface area (Å²) in [5.41, 5.74) is 0. The van der Waals surface area contributed by atoms with Crippen LogP contribution in [0.15, 0.2) is 0 Å². The van der Waals surface area contributed by atoms with Crippen LogP contribution in [-0.2, 0) is 19.1 Å². The fourth-order valence-electron chi connectivity index (χ4n) is 4.74. The molecule has 4 rings (SSSR count). The summed E-state index contributed by atoms with van der Waals surface area (Å²) in [7, 11) is 0. The summed E-state index contributed by atoms with van der Waals surface area (Å²) in [5, 5.41) is 0. The van der Waals surface area contributed by atoms with Crippen molar-refractivity contribution in [2.45, 2.75) is 44.6 Å². The number of nitrogens with zero attached hydrogens (tertiary/aromatic N) is 3. The van der Waals surface area contributed by atoms with Gasteiger partial charge in [0, 0.05) is 45.6 Å². The van der Waals surface area contributed by atoms with Gasteiger partial charge in [0.25, 0.3) is 0 Å². The summed E-state index contributed by atoms with van der Waals surface area (Å²) in [4.78, 5) is 42.9. The fraction of sp³-hybridized carbons (Fsp3) is 0.842. The third-order valence-electron chi connectivity index (χ3n) is 6.42. The van der Waals surface area contributed by atoms with E-state index in [9.17, 15) is 14.4 Å². The van der Waals surface area contributed by atoms with Crippen molar-refractivity contribution in [3.05, 3.63) is 0 Å². The quantitative estimate of drug-likeness (QED) is 0.729. The number of rotatable bonds is 4. The third-order valence-corrected chi connectivity index (χ3v) is 6.42. The zero-order chi connectivity index (χ0) is 18.1. The molecule has 0 spiro atoms. The van der Waals surface area contributed by atoms with Crippen LogP contribution in [0.3, 0.4) is 0 Å². The SMILES string of the molecule is O=C(CC1CCCC1)N1CC(N2CC(C(=O)N3CCOCC3)CC2=O)C1. The molecule has 1 saturated carbocycles. The maximum Gasteiger partial charge on any atom is 0.228 e. The van der Waals surface area contributed by atoms with Crippen molar-refractivity contribution >= 4 is 17.7 Å². The monoisotopic (exact) mass is 363 g/mol.